The lowest BCUT2D eigenvalue weighted by Gasteiger charge is -2.00. The molecule has 66 valence electrons. The molecule has 1 aromatic carbocycles. The van der Waals surface area contributed by atoms with Gasteiger partial charge in [-0.2, -0.15) is 0 Å². The highest BCUT2D eigenvalue weighted by Gasteiger charge is 2.04. The lowest BCUT2D eigenvalue weighted by molar-refractivity contribution is -0.344. The van der Waals surface area contributed by atoms with Crippen molar-refractivity contribution in [3.63, 3.8) is 0 Å². The van der Waals surface area contributed by atoms with Crippen LogP contribution < -0.4 is 15.5 Å². The average molecular weight is 175 g/mol. The van der Waals surface area contributed by atoms with E-state index in [1.54, 1.807) is 7.11 Å². The molecule has 2 aromatic rings. The number of rotatable bonds is 1. The Balaban J connectivity index is 2.74. The van der Waals surface area contributed by atoms with E-state index in [1.165, 1.54) is 0 Å². The average Bonchev–Trinajstić information content (AvgIpc) is 2.18. The van der Waals surface area contributed by atoms with Gasteiger partial charge in [-0.3, -0.25) is 0 Å². The molecular formula is C10H11N2O+. The van der Waals surface area contributed by atoms with Crippen LogP contribution in [0, 0.1) is 0 Å². The number of nitrogens with two attached hydrogens (primary N) is 1. The van der Waals surface area contributed by atoms with Crippen molar-refractivity contribution in [2.45, 2.75) is 0 Å². The van der Waals surface area contributed by atoms with E-state index in [0.29, 0.717) is 0 Å². The number of pyridine rings is 1. The van der Waals surface area contributed by atoms with E-state index in [-0.39, 0.29) is 0 Å². The van der Waals surface area contributed by atoms with Crippen LogP contribution in [-0.2, 0) is 0 Å². The second kappa shape index (κ2) is 2.94. The number of aromatic amines is 1. The van der Waals surface area contributed by atoms with Crippen LogP contribution in [0.25, 0.3) is 10.9 Å². The van der Waals surface area contributed by atoms with Gasteiger partial charge in [-0.25, -0.2) is 4.98 Å². The highest BCUT2D eigenvalue weighted by molar-refractivity contribution is 5.88. The Labute approximate surface area is 76.2 Å². The number of anilines is 1. The number of hydrogen-bond acceptors (Lipinski definition) is 2. The molecule has 3 nitrogen and oxygen atoms in total. The van der Waals surface area contributed by atoms with Gasteiger partial charge in [-0.15, -0.1) is 0 Å². The number of H-pyrrole nitrogens is 1. The molecule has 1 heterocycles. The molecule has 0 saturated heterocycles. The summed E-state index contributed by atoms with van der Waals surface area (Å²) >= 11 is 0. The van der Waals surface area contributed by atoms with Gasteiger partial charge in [0.15, 0.2) is 6.20 Å². The van der Waals surface area contributed by atoms with E-state index in [9.17, 15) is 0 Å². The molecule has 2 rings (SSSR count). The zero-order valence-corrected chi connectivity index (χ0v) is 7.37. The van der Waals surface area contributed by atoms with Crippen LogP contribution in [0.2, 0.25) is 0 Å². The molecule has 0 fully saturated rings. The minimum absolute atomic E-state index is 0.757. The van der Waals surface area contributed by atoms with E-state index in [1.807, 2.05) is 30.5 Å². The number of aromatic nitrogens is 1. The van der Waals surface area contributed by atoms with E-state index < -0.39 is 0 Å². The Kier molecular flexibility index (Phi) is 1.77. The second-order valence-electron chi connectivity index (χ2n) is 2.84. The molecule has 0 bridgehead atoms. The van der Waals surface area contributed by atoms with E-state index >= 15 is 0 Å². The van der Waals surface area contributed by atoms with E-state index in [4.69, 9.17) is 10.5 Å². The molecule has 3 N–H and O–H groups in total. The third-order valence-electron chi connectivity index (χ3n) is 2.04. The summed E-state index contributed by atoms with van der Waals surface area (Å²) in [5, 5.41) is 0.988. The largest absolute Gasteiger partial charge is 0.497 e. The molecule has 0 unspecified atom stereocenters. The number of nitrogen functional groups attached to an aromatic ring is 1. The van der Waals surface area contributed by atoms with Gasteiger partial charge in [0.05, 0.1) is 18.2 Å². The number of fused-ring (bicyclic) bond motifs is 1. The van der Waals surface area contributed by atoms with Gasteiger partial charge in [-0.1, -0.05) is 0 Å². The van der Waals surface area contributed by atoms with Crippen molar-refractivity contribution in [3.05, 3.63) is 30.5 Å². The highest BCUT2D eigenvalue weighted by atomic mass is 16.5. The van der Waals surface area contributed by atoms with Crippen molar-refractivity contribution < 1.29 is 9.72 Å². The first-order valence-corrected chi connectivity index (χ1v) is 4.05. The fourth-order valence-corrected chi connectivity index (χ4v) is 1.33. The molecule has 0 aliphatic rings. The summed E-state index contributed by atoms with van der Waals surface area (Å²) < 4.78 is 5.11. The van der Waals surface area contributed by atoms with Crippen molar-refractivity contribution >= 4 is 16.6 Å². The zero-order chi connectivity index (χ0) is 9.26. The van der Waals surface area contributed by atoms with Crippen molar-refractivity contribution in [1.29, 1.82) is 0 Å². The summed E-state index contributed by atoms with van der Waals surface area (Å²) in [6.45, 7) is 0. The monoisotopic (exact) mass is 175 g/mol. The zero-order valence-electron chi connectivity index (χ0n) is 7.37. The summed E-state index contributed by atoms with van der Waals surface area (Å²) in [5.74, 6) is 0.818. The normalized spacial score (nSPS) is 10.2. The first-order chi connectivity index (χ1) is 6.31. The number of benzene rings is 1. The maximum absolute atomic E-state index is 5.80. The first kappa shape index (κ1) is 7.86. The maximum Gasteiger partial charge on any atom is 0.213 e. The lowest BCUT2D eigenvalue weighted by atomic mass is 10.2. The quantitative estimate of drug-likeness (QED) is 0.709. The van der Waals surface area contributed by atoms with Gasteiger partial charge in [0, 0.05) is 12.1 Å². The van der Waals surface area contributed by atoms with Crippen LogP contribution in [0.1, 0.15) is 0 Å². The highest BCUT2D eigenvalue weighted by Crippen LogP contribution is 2.21. The third-order valence-corrected chi connectivity index (χ3v) is 2.04. The Morgan fingerprint density at radius 2 is 2.15 bits per heavy atom. The molecule has 0 radical (unpaired) electrons. The summed E-state index contributed by atoms with van der Waals surface area (Å²) in [6, 6.07) is 7.60. The van der Waals surface area contributed by atoms with E-state index in [2.05, 4.69) is 4.98 Å². The van der Waals surface area contributed by atoms with Crippen LogP contribution in [0.4, 0.5) is 5.69 Å². The summed E-state index contributed by atoms with van der Waals surface area (Å²) in [6.07, 6.45) is 1.82. The van der Waals surface area contributed by atoms with Gasteiger partial charge < -0.3 is 10.5 Å². The Hall–Kier alpha value is -1.77. The first-order valence-electron chi connectivity index (χ1n) is 4.05. The van der Waals surface area contributed by atoms with Crippen LogP contribution in [0.15, 0.2) is 30.5 Å². The van der Waals surface area contributed by atoms with Gasteiger partial charge in [0.25, 0.3) is 0 Å². The minimum atomic E-state index is 0.757. The summed E-state index contributed by atoms with van der Waals surface area (Å²) in [5.41, 5.74) is 7.58. The standard InChI is InChI=1S/C10H10N2O/c1-13-7-2-3-10-8(6-7)9(11)4-5-12-10/h2-6H,1H3,(H2,11,12)/p+1. The van der Waals surface area contributed by atoms with Crippen molar-refractivity contribution in [2.24, 2.45) is 0 Å². The molecule has 0 aliphatic heterocycles. The van der Waals surface area contributed by atoms with Gasteiger partial charge >= 0.3 is 0 Å². The van der Waals surface area contributed by atoms with Gasteiger partial charge in [-0.05, 0) is 12.1 Å². The fourth-order valence-electron chi connectivity index (χ4n) is 1.33. The minimum Gasteiger partial charge on any atom is -0.497 e. The molecule has 3 heteroatoms. The van der Waals surface area contributed by atoms with Crippen LogP contribution in [0.3, 0.4) is 0 Å². The lowest BCUT2D eigenvalue weighted by Crippen LogP contribution is -2.03. The number of hydrogen-bond donors (Lipinski definition) is 1. The molecule has 0 aliphatic carbocycles. The van der Waals surface area contributed by atoms with Crippen molar-refractivity contribution in [3.8, 4) is 5.75 Å². The Morgan fingerprint density at radius 1 is 1.31 bits per heavy atom. The van der Waals surface area contributed by atoms with Gasteiger partial charge in [0.2, 0.25) is 5.52 Å². The van der Waals surface area contributed by atoms with Crippen molar-refractivity contribution in [2.75, 3.05) is 12.8 Å². The SMILES string of the molecule is COc1ccc2[nH+]ccc(N)c2c1. The van der Waals surface area contributed by atoms with Crippen LogP contribution >= 0.6 is 0 Å². The number of ether oxygens (including phenoxy) is 1. The Bertz CT molecular complexity index is 440. The summed E-state index contributed by atoms with van der Waals surface area (Å²) in [4.78, 5) is 3.11. The fraction of sp³-hybridized carbons (Fsp3) is 0.100. The van der Waals surface area contributed by atoms with E-state index in [0.717, 1.165) is 22.3 Å². The van der Waals surface area contributed by atoms with Crippen LogP contribution in [-0.4, -0.2) is 7.11 Å². The molecule has 1 aromatic heterocycles. The molecule has 0 amide bonds. The topological polar surface area (TPSA) is 49.4 Å². The van der Waals surface area contributed by atoms with Crippen molar-refractivity contribution in [1.82, 2.24) is 0 Å². The molecule has 0 atom stereocenters. The molecular weight excluding hydrogens is 164 g/mol. The predicted molar refractivity (Wildman–Crippen MR) is 51.5 cm³/mol. The van der Waals surface area contributed by atoms with Gasteiger partial charge in [0.1, 0.15) is 5.75 Å². The third kappa shape index (κ3) is 1.28. The molecule has 0 spiro atoms. The molecule has 13 heavy (non-hydrogen) atoms. The molecule has 0 saturated carbocycles. The number of methoxy groups -OCH3 is 1. The number of nitrogens with one attached hydrogen (secondary N) is 1. The van der Waals surface area contributed by atoms with Crippen LogP contribution in [0.5, 0.6) is 5.75 Å². The second-order valence-corrected chi connectivity index (χ2v) is 2.84. The predicted octanol–water partition coefficient (Wildman–Crippen LogP) is 1.24. The Morgan fingerprint density at radius 3 is 2.92 bits per heavy atom. The maximum atomic E-state index is 5.80. The summed E-state index contributed by atoms with van der Waals surface area (Å²) in [7, 11) is 1.64. The smallest absolute Gasteiger partial charge is 0.213 e.